The highest BCUT2D eigenvalue weighted by atomic mass is 32.1. The minimum Gasteiger partial charge on any atom is -0.489 e. The molecule has 0 heterocycles. The van der Waals surface area contributed by atoms with Gasteiger partial charge in [0.1, 0.15) is 12.4 Å². The van der Waals surface area contributed by atoms with Gasteiger partial charge in [-0.2, -0.15) is 0 Å². The predicted octanol–water partition coefficient (Wildman–Crippen LogP) is 3.23. The summed E-state index contributed by atoms with van der Waals surface area (Å²) in [7, 11) is 0. The third-order valence-electron chi connectivity index (χ3n) is 3.09. The Morgan fingerprint density at radius 2 is 1.75 bits per heavy atom. The number of thiocarbonyl (C=S) groups is 1. The molecule has 0 aromatic heterocycles. The van der Waals surface area contributed by atoms with E-state index in [4.69, 9.17) is 21.7 Å². The van der Waals surface area contributed by atoms with Gasteiger partial charge >= 0.3 is 0 Å². The second kappa shape index (κ2) is 9.64. The van der Waals surface area contributed by atoms with Gasteiger partial charge in [0.15, 0.2) is 5.11 Å². The number of nitrogens with one attached hydrogen (secondary N) is 2. The summed E-state index contributed by atoms with van der Waals surface area (Å²) >= 11 is 5.20. The van der Waals surface area contributed by atoms with Gasteiger partial charge in [-0.1, -0.05) is 30.3 Å². The van der Waals surface area contributed by atoms with E-state index in [1.807, 2.05) is 37.3 Å². The third-order valence-corrected chi connectivity index (χ3v) is 3.29. The predicted molar refractivity (Wildman–Crippen MR) is 98.6 cm³/mol. The van der Waals surface area contributed by atoms with E-state index < -0.39 is 0 Å². The minimum absolute atomic E-state index is 0.213. The first kappa shape index (κ1) is 17.9. The molecule has 0 fully saturated rings. The number of rotatable bonds is 7. The highest BCUT2D eigenvalue weighted by molar-refractivity contribution is 7.80. The molecule has 5 nitrogen and oxygen atoms in total. The highest BCUT2D eigenvalue weighted by Crippen LogP contribution is 2.23. The fraction of sp³-hybridized carbons (Fsp3) is 0.222. The van der Waals surface area contributed by atoms with Crippen LogP contribution < -0.4 is 15.4 Å². The normalized spacial score (nSPS) is 10.0. The highest BCUT2D eigenvalue weighted by Gasteiger charge is 2.09. The van der Waals surface area contributed by atoms with Crippen molar-refractivity contribution in [3.8, 4) is 5.75 Å². The van der Waals surface area contributed by atoms with E-state index in [-0.39, 0.29) is 11.0 Å². The molecule has 0 saturated heterocycles. The summed E-state index contributed by atoms with van der Waals surface area (Å²) in [5.41, 5.74) is 1.23. The van der Waals surface area contributed by atoms with Crippen LogP contribution in [0.1, 0.15) is 17.3 Å². The van der Waals surface area contributed by atoms with Gasteiger partial charge in [-0.3, -0.25) is 10.1 Å². The van der Waals surface area contributed by atoms with Gasteiger partial charge in [0.2, 0.25) is 0 Å². The fourth-order valence-corrected chi connectivity index (χ4v) is 2.17. The van der Waals surface area contributed by atoms with Crippen molar-refractivity contribution in [1.82, 2.24) is 5.32 Å². The summed E-state index contributed by atoms with van der Waals surface area (Å²) < 4.78 is 10.9. The Morgan fingerprint density at radius 1 is 1.04 bits per heavy atom. The van der Waals surface area contributed by atoms with Crippen LogP contribution in [0.3, 0.4) is 0 Å². The van der Waals surface area contributed by atoms with Crippen molar-refractivity contribution in [1.29, 1.82) is 0 Å². The van der Waals surface area contributed by atoms with Crippen molar-refractivity contribution in [3.63, 3.8) is 0 Å². The maximum atomic E-state index is 12.1. The summed E-state index contributed by atoms with van der Waals surface area (Å²) in [5, 5.41) is 5.85. The molecule has 1 amide bonds. The van der Waals surface area contributed by atoms with Crippen LogP contribution in [0.15, 0.2) is 54.6 Å². The van der Waals surface area contributed by atoms with Crippen LogP contribution in [-0.2, 0) is 4.74 Å². The van der Waals surface area contributed by atoms with Gasteiger partial charge in [0.05, 0.1) is 12.3 Å². The lowest BCUT2D eigenvalue weighted by Gasteiger charge is -2.14. The average molecular weight is 344 g/mol. The Balaban J connectivity index is 1.92. The number of amides is 1. The summed E-state index contributed by atoms with van der Waals surface area (Å²) in [6.45, 7) is 3.54. The summed E-state index contributed by atoms with van der Waals surface area (Å²) in [5.74, 6) is 0.386. The van der Waals surface area contributed by atoms with Crippen molar-refractivity contribution in [2.45, 2.75) is 6.92 Å². The van der Waals surface area contributed by atoms with Crippen molar-refractivity contribution >= 4 is 28.9 Å². The number of carbonyl (C=O) groups is 1. The lowest BCUT2D eigenvalue weighted by molar-refractivity contribution is 0.0977. The van der Waals surface area contributed by atoms with Gasteiger partial charge < -0.3 is 14.8 Å². The molecule has 2 aromatic carbocycles. The maximum Gasteiger partial charge on any atom is 0.257 e. The second-order valence-electron chi connectivity index (χ2n) is 4.82. The van der Waals surface area contributed by atoms with Crippen LogP contribution in [0.4, 0.5) is 5.69 Å². The first-order chi connectivity index (χ1) is 11.7. The topological polar surface area (TPSA) is 59.6 Å². The number of anilines is 1. The standard InChI is InChI=1S/C18H20N2O3S/c1-2-22-12-13-23-16-11-7-6-10-15(16)19-18(24)20-17(21)14-8-4-3-5-9-14/h3-11H,2,12-13H2,1H3,(H2,19,20,21,24). The van der Waals surface area contributed by atoms with Crippen LogP contribution in [-0.4, -0.2) is 30.8 Å². The smallest absolute Gasteiger partial charge is 0.257 e. The number of hydrogen-bond donors (Lipinski definition) is 2. The zero-order valence-electron chi connectivity index (χ0n) is 13.5. The van der Waals surface area contributed by atoms with Gasteiger partial charge in [0, 0.05) is 12.2 Å². The van der Waals surface area contributed by atoms with Gasteiger partial charge in [-0.05, 0) is 43.4 Å². The molecular weight excluding hydrogens is 324 g/mol. The lowest BCUT2D eigenvalue weighted by Crippen LogP contribution is -2.34. The third kappa shape index (κ3) is 5.64. The van der Waals surface area contributed by atoms with Crippen LogP contribution in [0.2, 0.25) is 0 Å². The Bertz CT molecular complexity index is 677. The molecule has 0 bridgehead atoms. The molecule has 24 heavy (non-hydrogen) atoms. The number of benzene rings is 2. The molecule has 0 spiro atoms. The molecule has 126 valence electrons. The first-order valence-corrected chi connectivity index (χ1v) is 8.08. The summed E-state index contributed by atoms with van der Waals surface area (Å²) in [6.07, 6.45) is 0. The summed E-state index contributed by atoms with van der Waals surface area (Å²) in [6, 6.07) is 16.3. The van der Waals surface area contributed by atoms with E-state index in [0.29, 0.717) is 36.8 Å². The van der Waals surface area contributed by atoms with Gasteiger partial charge in [-0.25, -0.2) is 0 Å². The van der Waals surface area contributed by atoms with E-state index in [2.05, 4.69) is 10.6 Å². The fourth-order valence-electron chi connectivity index (χ4n) is 1.97. The molecule has 0 radical (unpaired) electrons. The Morgan fingerprint density at radius 3 is 2.50 bits per heavy atom. The first-order valence-electron chi connectivity index (χ1n) is 7.67. The minimum atomic E-state index is -0.261. The van der Waals surface area contributed by atoms with Crippen LogP contribution in [0.5, 0.6) is 5.75 Å². The molecular formula is C18H20N2O3S. The molecule has 0 aliphatic heterocycles. The molecule has 6 heteroatoms. The molecule has 2 aromatic rings. The molecule has 0 unspecified atom stereocenters. The van der Waals surface area contributed by atoms with E-state index in [1.54, 1.807) is 24.3 Å². The maximum absolute atomic E-state index is 12.1. The SMILES string of the molecule is CCOCCOc1ccccc1NC(=S)NC(=O)c1ccccc1. The number of ether oxygens (including phenoxy) is 2. The quantitative estimate of drug-likeness (QED) is 0.596. The largest absolute Gasteiger partial charge is 0.489 e. The summed E-state index contributed by atoms with van der Waals surface area (Å²) in [4.78, 5) is 12.1. The van der Waals surface area contributed by atoms with E-state index >= 15 is 0 Å². The van der Waals surface area contributed by atoms with Crippen molar-refractivity contribution in [2.75, 3.05) is 25.1 Å². The molecule has 0 aliphatic rings. The molecule has 0 aliphatic carbocycles. The Labute approximate surface area is 147 Å². The van der Waals surface area contributed by atoms with Gasteiger partial charge in [-0.15, -0.1) is 0 Å². The van der Waals surface area contributed by atoms with E-state index in [9.17, 15) is 4.79 Å². The molecule has 0 atom stereocenters. The number of para-hydroxylation sites is 2. The van der Waals surface area contributed by atoms with Crippen molar-refractivity contribution < 1.29 is 14.3 Å². The van der Waals surface area contributed by atoms with Crippen LogP contribution >= 0.6 is 12.2 Å². The van der Waals surface area contributed by atoms with Gasteiger partial charge in [0.25, 0.3) is 5.91 Å². The van der Waals surface area contributed by atoms with E-state index in [0.717, 1.165) is 0 Å². The molecule has 2 rings (SSSR count). The van der Waals surface area contributed by atoms with E-state index in [1.165, 1.54) is 0 Å². The second-order valence-corrected chi connectivity index (χ2v) is 5.22. The zero-order valence-corrected chi connectivity index (χ0v) is 14.3. The van der Waals surface area contributed by atoms with Crippen LogP contribution in [0.25, 0.3) is 0 Å². The monoisotopic (exact) mass is 344 g/mol. The Kier molecular flexibility index (Phi) is 7.20. The van der Waals surface area contributed by atoms with Crippen LogP contribution in [0, 0.1) is 0 Å². The van der Waals surface area contributed by atoms with Crippen molar-refractivity contribution in [2.24, 2.45) is 0 Å². The number of carbonyl (C=O) groups excluding carboxylic acids is 1. The van der Waals surface area contributed by atoms with Crippen molar-refractivity contribution in [3.05, 3.63) is 60.2 Å². The number of hydrogen-bond acceptors (Lipinski definition) is 4. The molecule has 0 saturated carbocycles. The lowest BCUT2D eigenvalue weighted by atomic mass is 10.2. The molecule has 2 N–H and O–H groups in total. The zero-order chi connectivity index (χ0) is 17.2. The average Bonchev–Trinajstić information content (AvgIpc) is 2.60. The Hall–Kier alpha value is -2.44.